The summed E-state index contributed by atoms with van der Waals surface area (Å²) in [6.07, 6.45) is 0. The first kappa shape index (κ1) is 10.8. The lowest BCUT2D eigenvalue weighted by atomic mass is 10.1. The molecule has 0 saturated carbocycles. The first-order valence-electron chi connectivity index (χ1n) is 3.40. The Kier molecular flexibility index (Phi) is 3.59. The molecule has 0 aliphatic carbocycles. The minimum atomic E-state index is -0.242. The molecule has 1 aromatic carbocycles. The van der Waals surface area contributed by atoms with Crippen LogP contribution < -0.4 is 5.73 Å². The molecule has 0 atom stereocenters. The minimum Gasteiger partial charge on any atom is -0.397 e. The van der Waals surface area contributed by atoms with Crippen LogP contribution in [0.5, 0.6) is 0 Å². The van der Waals surface area contributed by atoms with E-state index < -0.39 is 0 Å². The lowest BCUT2D eigenvalue weighted by Gasteiger charge is -2.06. The Morgan fingerprint density at radius 2 is 2.15 bits per heavy atom. The van der Waals surface area contributed by atoms with Crippen LogP contribution in [0.15, 0.2) is 16.6 Å². The van der Waals surface area contributed by atoms with Crippen LogP contribution in [-0.4, -0.2) is 11.7 Å². The minimum absolute atomic E-state index is 0.108. The third-order valence-corrected chi connectivity index (χ3v) is 2.77. The molecule has 70 valence electrons. The third-order valence-electron chi connectivity index (χ3n) is 1.54. The van der Waals surface area contributed by atoms with Crippen LogP contribution in [0.1, 0.15) is 10.4 Å². The van der Waals surface area contributed by atoms with Crippen LogP contribution in [0, 0.1) is 0 Å². The first-order valence-corrected chi connectivity index (χ1v) is 5.11. The van der Waals surface area contributed by atoms with E-state index in [2.05, 4.69) is 15.9 Å². The molecule has 0 bridgehead atoms. The van der Waals surface area contributed by atoms with Gasteiger partial charge in [0.05, 0.1) is 22.2 Å². The van der Waals surface area contributed by atoms with Crippen molar-refractivity contribution in [2.24, 2.45) is 0 Å². The number of alkyl halides is 1. The van der Waals surface area contributed by atoms with Gasteiger partial charge in [-0.2, -0.15) is 0 Å². The highest BCUT2D eigenvalue weighted by Crippen LogP contribution is 2.29. The van der Waals surface area contributed by atoms with Crippen molar-refractivity contribution < 1.29 is 4.79 Å². The van der Waals surface area contributed by atoms with Gasteiger partial charge in [0.1, 0.15) is 0 Å². The van der Waals surface area contributed by atoms with Gasteiger partial charge in [0, 0.05) is 4.47 Å². The van der Waals surface area contributed by atoms with Gasteiger partial charge in [-0.25, -0.2) is 0 Å². The summed E-state index contributed by atoms with van der Waals surface area (Å²) in [4.78, 5) is 11.3. The number of hydrogen-bond donors (Lipinski definition) is 1. The number of carbonyl (C=O) groups is 1. The van der Waals surface area contributed by atoms with Crippen molar-refractivity contribution in [3.63, 3.8) is 0 Å². The smallest absolute Gasteiger partial charge is 0.180 e. The van der Waals surface area contributed by atoms with Gasteiger partial charge in [0.2, 0.25) is 0 Å². The normalized spacial score (nSPS) is 10.1. The largest absolute Gasteiger partial charge is 0.397 e. The molecule has 2 N–H and O–H groups in total. The van der Waals surface area contributed by atoms with Gasteiger partial charge in [0.25, 0.3) is 0 Å². The van der Waals surface area contributed by atoms with E-state index in [0.29, 0.717) is 15.1 Å². The summed E-state index contributed by atoms with van der Waals surface area (Å²) in [6, 6.07) is 3.28. The Balaban J connectivity index is 3.33. The molecule has 0 spiro atoms. The molecule has 13 heavy (non-hydrogen) atoms. The average molecular weight is 283 g/mol. The number of Topliss-reactive ketones (excluding diaryl/α,β-unsaturated/α-hetero) is 1. The summed E-state index contributed by atoms with van der Waals surface area (Å²) in [5.74, 6) is -0.350. The third kappa shape index (κ3) is 2.16. The van der Waals surface area contributed by atoms with E-state index in [0.717, 1.165) is 0 Å². The molecule has 1 aromatic rings. The maximum atomic E-state index is 11.3. The van der Waals surface area contributed by atoms with Gasteiger partial charge in [-0.1, -0.05) is 11.6 Å². The van der Waals surface area contributed by atoms with Gasteiger partial charge >= 0.3 is 0 Å². The summed E-state index contributed by atoms with van der Waals surface area (Å²) in [7, 11) is 0. The van der Waals surface area contributed by atoms with E-state index in [-0.39, 0.29) is 17.4 Å². The number of nitrogens with two attached hydrogens (primary N) is 1. The van der Waals surface area contributed by atoms with E-state index in [4.69, 9.17) is 28.9 Å². The zero-order valence-corrected chi connectivity index (χ0v) is 9.58. The zero-order chi connectivity index (χ0) is 10.0. The Morgan fingerprint density at radius 3 is 2.69 bits per heavy atom. The van der Waals surface area contributed by atoms with Crippen molar-refractivity contribution in [2.75, 3.05) is 11.6 Å². The number of ketones is 1. The van der Waals surface area contributed by atoms with Crippen LogP contribution in [0.4, 0.5) is 5.69 Å². The average Bonchev–Trinajstić information content (AvgIpc) is 2.12. The highest BCUT2D eigenvalue weighted by molar-refractivity contribution is 9.10. The van der Waals surface area contributed by atoms with E-state index in [1.807, 2.05) is 0 Å². The van der Waals surface area contributed by atoms with Crippen molar-refractivity contribution >= 4 is 50.6 Å². The van der Waals surface area contributed by atoms with Gasteiger partial charge in [-0.3, -0.25) is 4.79 Å². The molecule has 0 aliphatic rings. The second-order valence-electron chi connectivity index (χ2n) is 2.37. The fourth-order valence-corrected chi connectivity index (χ4v) is 1.78. The van der Waals surface area contributed by atoms with Crippen molar-refractivity contribution in [2.45, 2.75) is 0 Å². The topological polar surface area (TPSA) is 43.1 Å². The molecule has 0 heterocycles. The quantitative estimate of drug-likeness (QED) is 0.515. The molecule has 0 radical (unpaired) electrons. The number of nitrogen functional groups attached to an aromatic ring is 1. The second-order valence-corrected chi connectivity index (χ2v) is 3.90. The second kappa shape index (κ2) is 4.31. The Hall–Kier alpha value is -0.250. The van der Waals surface area contributed by atoms with Gasteiger partial charge in [-0.15, -0.1) is 11.6 Å². The first-order chi connectivity index (χ1) is 6.07. The van der Waals surface area contributed by atoms with E-state index in [1.54, 1.807) is 12.1 Å². The fraction of sp³-hybridized carbons (Fsp3) is 0.125. The van der Waals surface area contributed by atoms with Crippen molar-refractivity contribution in [3.05, 3.63) is 27.2 Å². The molecule has 5 heteroatoms. The summed E-state index contributed by atoms with van der Waals surface area (Å²) in [6.45, 7) is 0. The molecule has 1 rings (SSSR count). The van der Waals surface area contributed by atoms with E-state index in [9.17, 15) is 4.79 Å². The van der Waals surface area contributed by atoms with Gasteiger partial charge in [0.15, 0.2) is 5.78 Å². The number of benzene rings is 1. The Bertz CT molecular complexity index is 354. The Morgan fingerprint density at radius 1 is 1.54 bits per heavy atom. The SMILES string of the molecule is Nc1c(Cl)ccc(Br)c1C(=O)CCl. The van der Waals surface area contributed by atoms with Crippen LogP contribution in [0.3, 0.4) is 0 Å². The maximum absolute atomic E-state index is 11.3. The number of halogens is 3. The van der Waals surface area contributed by atoms with Crippen molar-refractivity contribution in [3.8, 4) is 0 Å². The lowest BCUT2D eigenvalue weighted by Crippen LogP contribution is -2.06. The fourth-order valence-electron chi connectivity index (χ4n) is 0.918. The monoisotopic (exact) mass is 281 g/mol. The van der Waals surface area contributed by atoms with Crippen LogP contribution in [0.2, 0.25) is 5.02 Å². The number of carbonyl (C=O) groups excluding carboxylic acids is 1. The van der Waals surface area contributed by atoms with Crippen molar-refractivity contribution in [1.82, 2.24) is 0 Å². The number of anilines is 1. The van der Waals surface area contributed by atoms with Crippen LogP contribution in [-0.2, 0) is 0 Å². The summed E-state index contributed by atoms with van der Waals surface area (Å²) < 4.78 is 0.611. The molecule has 0 unspecified atom stereocenters. The molecular formula is C8H6BrCl2NO. The number of rotatable bonds is 2. The number of hydrogen-bond acceptors (Lipinski definition) is 2. The van der Waals surface area contributed by atoms with E-state index in [1.165, 1.54) is 0 Å². The maximum Gasteiger partial charge on any atom is 0.180 e. The standard InChI is InChI=1S/C8H6BrCl2NO/c9-4-1-2-5(11)8(12)7(4)6(13)3-10/h1-2H,3,12H2. The summed E-state index contributed by atoms with van der Waals surface area (Å²) in [5.41, 5.74) is 6.23. The molecule has 0 aliphatic heterocycles. The summed E-state index contributed by atoms with van der Waals surface area (Å²) >= 11 is 14.4. The van der Waals surface area contributed by atoms with Gasteiger partial charge in [-0.05, 0) is 28.1 Å². The predicted molar refractivity (Wildman–Crippen MR) is 58.6 cm³/mol. The Labute approximate surface area is 94.1 Å². The highest BCUT2D eigenvalue weighted by atomic mass is 79.9. The van der Waals surface area contributed by atoms with Gasteiger partial charge < -0.3 is 5.73 Å². The zero-order valence-electron chi connectivity index (χ0n) is 6.48. The molecule has 0 aromatic heterocycles. The molecular weight excluding hydrogens is 277 g/mol. The lowest BCUT2D eigenvalue weighted by molar-refractivity contribution is 0.102. The van der Waals surface area contributed by atoms with Crippen molar-refractivity contribution in [1.29, 1.82) is 0 Å². The molecule has 0 amide bonds. The molecule has 0 saturated heterocycles. The summed E-state index contributed by atoms with van der Waals surface area (Å²) in [5, 5.41) is 0.358. The highest BCUT2D eigenvalue weighted by Gasteiger charge is 2.14. The predicted octanol–water partition coefficient (Wildman–Crippen LogP) is 3.11. The van der Waals surface area contributed by atoms with Crippen LogP contribution in [0.25, 0.3) is 0 Å². The molecule has 2 nitrogen and oxygen atoms in total. The van der Waals surface area contributed by atoms with Crippen LogP contribution >= 0.6 is 39.1 Å². The molecule has 0 fully saturated rings. The van der Waals surface area contributed by atoms with E-state index >= 15 is 0 Å².